The summed E-state index contributed by atoms with van der Waals surface area (Å²) in [5.74, 6) is 0. The summed E-state index contributed by atoms with van der Waals surface area (Å²) in [4.78, 5) is 4.15. The van der Waals surface area contributed by atoms with Crippen molar-refractivity contribution >= 4 is 18.1 Å². The zero-order chi connectivity index (χ0) is 6.85. The van der Waals surface area contributed by atoms with Gasteiger partial charge in [-0.3, -0.25) is 4.98 Å². The van der Waals surface area contributed by atoms with Gasteiger partial charge >= 0.3 is 0 Å². The predicted octanol–water partition coefficient (Wildman–Crippen LogP) is 1.70. The molecule has 0 aliphatic rings. The number of pyridine rings is 1. The van der Waals surface area contributed by atoms with E-state index in [0.29, 0.717) is 0 Å². The van der Waals surface area contributed by atoms with Gasteiger partial charge in [-0.15, -0.1) is 12.4 Å². The number of rotatable bonds is 0. The standard InChI is InChI=1S/C7H10N2.ClH/c1-5-3-4-7(8)6(2)9-5;/h3-4H,8H2,1-2H3;1H. The van der Waals surface area contributed by atoms with Crippen LogP contribution in [0.25, 0.3) is 0 Å². The summed E-state index contributed by atoms with van der Waals surface area (Å²) in [5, 5.41) is 0. The lowest BCUT2D eigenvalue weighted by Crippen LogP contribution is -1.93. The monoisotopic (exact) mass is 158 g/mol. The van der Waals surface area contributed by atoms with E-state index in [-0.39, 0.29) is 12.4 Å². The molecular formula is C7H11ClN2. The highest BCUT2D eigenvalue weighted by atomic mass is 35.5. The van der Waals surface area contributed by atoms with E-state index in [1.54, 1.807) is 0 Å². The SMILES string of the molecule is Cc1ccc(N)c(C)n1.Cl. The van der Waals surface area contributed by atoms with Gasteiger partial charge in [0.2, 0.25) is 0 Å². The fourth-order valence-corrected chi connectivity index (χ4v) is 0.697. The van der Waals surface area contributed by atoms with E-state index < -0.39 is 0 Å². The van der Waals surface area contributed by atoms with E-state index in [1.165, 1.54) is 0 Å². The van der Waals surface area contributed by atoms with Gasteiger partial charge in [0, 0.05) is 5.69 Å². The van der Waals surface area contributed by atoms with Gasteiger partial charge in [-0.1, -0.05) is 0 Å². The summed E-state index contributed by atoms with van der Waals surface area (Å²) in [6.07, 6.45) is 0. The molecule has 2 N–H and O–H groups in total. The zero-order valence-electron chi connectivity index (χ0n) is 6.09. The Labute approximate surface area is 66.9 Å². The first-order valence-corrected chi connectivity index (χ1v) is 2.90. The molecule has 1 aromatic heterocycles. The topological polar surface area (TPSA) is 38.9 Å². The third kappa shape index (κ3) is 1.88. The van der Waals surface area contributed by atoms with E-state index >= 15 is 0 Å². The van der Waals surface area contributed by atoms with E-state index in [4.69, 9.17) is 5.73 Å². The second-order valence-electron chi connectivity index (χ2n) is 2.13. The lowest BCUT2D eigenvalue weighted by atomic mass is 10.3. The molecule has 0 amide bonds. The van der Waals surface area contributed by atoms with Crippen molar-refractivity contribution < 1.29 is 0 Å². The van der Waals surface area contributed by atoms with Gasteiger partial charge < -0.3 is 5.73 Å². The second kappa shape index (κ2) is 3.42. The van der Waals surface area contributed by atoms with Crippen molar-refractivity contribution in [1.82, 2.24) is 4.98 Å². The molecule has 0 aliphatic carbocycles. The summed E-state index contributed by atoms with van der Waals surface area (Å²) in [5.41, 5.74) is 8.22. The Morgan fingerprint density at radius 3 is 2.30 bits per heavy atom. The fourth-order valence-electron chi connectivity index (χ4n) is 0.697. The third-order valence-electron chi connectivity index (χ3n) is 1.27. The van der Waals surface area contributed by atoms with Gasteiger partial charge in [0.15, 0.2) is 0 Å². The van der Waals surface area contributed by atoms with Crippen LogP contribution in [0.5, 0.6) is 0 Å². The predicted molar refractivity (Wildman–Crippen MR) is 45.4 cm³/mol. The molecule has 0 saturated carbocycles. The summed E-state index contributed by atoms with van der Waals surface area (Å²) in [7, 11) is 0. The van der Waals surface area contributed by atoms with Gasteiger partial charge in [0.1, 0.15) is 0 Å². The quantitative estimate of drug-likeness (QED) is 0.624. The number of hydrogen-bond donors (Lipinski definition) is 1. The maximum Gasteiger partial charge on any atom is 0.0604 e. The van der Waals surface area contributed by atoms with Crippen LogP contribution in [0.4, 0.5) is 5.69 Å². The Bertz CT molecular complexity index is 223. The zero-order valence-corrected chi connectivity index (χ0v) is 6.90. The molecule has 0 aliphatic heterocycles. The Morgan fingerprint density at radius 2 is 1.90 bits per heavy atom. The van der Waals surface area contributed by atoms with Crippen molar-refractivity contribution in [2.45, 2.75) is 13.8 Å². The highest BCUT2D eigenvalue weighted by Gasteiger charge is 1.91. The number of anilines is 1. The van der Waals surface area contributed by atoms with Crippen LogP contribution in [-0.2, 0) is 0 Å². The van der Waals surface area contributed by atoms with E-state index in [0.717, 1.165) is 17.1 Å². The van der Waals surface area contributed by atoms with Crippen molar-refractivity contribution in [3.63, 3.8) is 0 Å². The van der Waals surface area contributed by atoms with Crippen LogP contribution in [0.3, 0.4) is 0 Å². The molecule has 0 fully saturated rings. The molecule has 0 saturated heterocycles. The van der Waals surface area contributed by atoms with Crippen molar-refractivity contribution in [1.29, 1.82) is 0 Å². The Morgan fingerprint density at radius 1 is 1.30 bits per heavy atom. The molecule has 1 heterocycles. The smallest absolute Gasteiger partial charge is 0.0604 e. The molecule has 0 spiro atoms. The minimum atomic E-state index is 0. The van der Waals surface area contributed by atoms with Crippen molar-refractivity contribution in [3.8, 4) is 0 Å². The highest BCUT2D eigenvalue weighted by molar-refractivity contribution is 5.85. The summed E-state index contributed by atoms with van der Waals surface area (Å²) in [6.45, 7) is 3.86. The average Bonchev–Trinajstić information content (AvgIpc) is 1.80. The highest BCUT2D eigenvalue weighted by Crippen LogP contribution is 2.06. The van der Waals surface area contributed by atoms with Crippen LogP contribution in [0.1, 0.15) is 11.4 Å². The number of aromatic nitrogens is 1. The number of hydrogen-bond acceptors (Lipinski definition) is 2. The number of nitrogen functional groups attached to an aromatic ring is 1. The van der Waals surface area contributed by atoms with Crippen LogP contribution in [-0.4, -0.2) is 4.98 Å². The number of aryl methyl sites for hydroxylation is 2. The van der Waals surface area contributed by atoms with Crippen LogP contribution < -0.4 is 5.73 Å². The number of nitrogens with zero attached hydrogens (tertiary/aromatic N) is 1. The molecule has 0 atom stereocenters. The van der Waals surface area contributed by atoms with Gasteiger partial charge in [-0.25, -0.2) is 0 Å². The lowest BCUT2D eigenvalue weighted by Gasteiger charge is -1.97. The molecular weight excluding hydrogens is 148 g/mol. The van der Waals surface area contributed by atoms with Gasteiger partial charge in [0.05, 0.1) is 11.4 Å². The molecule has 2 nitrogen and oxygen atoms in total. The summed E-state index contributed by atoms with van der Waals surface area (Å²) in [6, 6.07) is 3.78. The molecule has 3 heteroatoms. The minimum absolute atomic E-state index is 0. The first kappa shape index (κ1) is 9.24. The average molecular weight is 159 g/mol. The van der Waals surface area contributed by atoms with E-state index in [1.807, 2.05) is 26.0 Å². The Hall–Kier alpha value is -0.760. The van der Waals surface area contributed by atoms with E-state index in [9.17, 15) is 0 Å². The molecule has 0 unspecified atom stereocenters. The first-order valence-electron chi connectivity index (χ1n) is 2.90. The number of nitrogens with two attached hydrogens (primary N) is 1. The molecule has 0 radical (unpaired) electrons. The van der Waals surface area contributed by atoms with Gasteiger partial charge in [-0.2, -0.15) is 0 Å². The van der Waals surface area contributed by atoms with E-state index in [2.05, 4.69) is 4.98 Å². The molecule has 10 heavy (non-hydrogen) atoms. The van der Waals surface area contributed by atoms with Gasteiger partial charge in [0.25, 0.3) is 0 Å². The number of halogens is 1. The Balaban J connectivity index is 0.000000810. The first-order chi connectivity index (χ1) is 4.20. The van der Waals surface area contributed by atoms with Crippen molar-refractivity contribution in [2.75, 3.05) is 5.73 Å². The van der Waals surface area contributed by atoms with Crippen LogP contribution in [0, 0.1) is 13.8 Å². The van der Waals surface area contributed by atoms with Gasteiger partial charge in [-0.05, 0) is 26.0 Å². The molecule has 1 aromatic rings. The molecule has 1 rings (SSSR count). The lowest BCUT2D eigenvalue weighted by molar-refractivity contribution is 1.13. The Kier molecular flexibility index (Phi) is 3.16. The maximum absolute atomic E-state index is 5.53. The third-order valence-corrected chi connectivity index (χ3v) is 1.27. The largest absolute Gasteiger partial charge is 0.397 e. The molecule has 56 valence electrons. The fraction of sp³-hybridized carbons (Fsp3) is 0.286. The van der Waals surface area contributed by atoms with Crippen LogP contribution in [0.15, 0.2) is 12.1 Å². The second-order valence-corrected chi connectivity index (χ2v) is 2.13. The molecule has 0 bridgehead atoms. The van der Waals surface area contributed by atoms with Crippen LogP contribution in [0.2, 0.25) is 0 Å². The van der Waals surface area contributed by atoms with Crippen molar-refractivity contribution in [3.05, 3.63) is 23.5 Å². The normalized spacial score (nSPS) is 8.60. The summed E-state index contributed by atoms with van der Waals surface area (Å²) >= 11 is 0. The summed E-state index contributed by atoms with van der Waals surface area (Å²) < 4.78 is 0. The molecule has 0 aromatic carbocycles. The van der Waals surface area contributed by atoms with Crippen LogP contribution >= 0.6 is 12.4 Å². The minimum Gasteiger partial charge on any atom is -0.397 e. The maximum atomic E-state index is 5.53. The van der Waals surface area contributed by atoms with Crippen molar-refractivity contribution in [2.24, 2.45) is 0 Å².